The number of nitrogens with zero attached hydrogens (tertiary/aromatic N) is 1. The summed E-state index contributed by atoms with van der Waals surface area (Å²) >= 11 is 0. The van der Waals surface area contributed by atoms with Crippen LogP contribution in [0.15, 0.2) is 54.6 Å². The van der Waals surface area contributed by atoms with Gasteiger partial charge in [0.1, 0.15) is 12.4 Å². The van der Waals surface area contributed by atoms with Gasteiger partial charge in [-0.25, -0.2) is 0 Å². The largest absolute Gasteiger partial charge is 0.488 e. The summed E-state index contributed by atoms with van der Waals surface area (Å²) in [4.78, 5) is 12.4. The number of rotatable bonds is 7. The predicted octanol–water partition coefficient (Wildman–Crippen LogP) is 2.70. The second-order valence-corrected chi connectivity index (χ2v) is 6.54. The zero-order valence-electron chi connectivity index (χ0n) is 14.1. The van der Waals surface area contributed by atoms with Gasteiger partial charge in [0.15, 0.2) is 0 Å². The fraction of sp³-hybridized carbons (Fsp3) is 0.316. The second kappa shape index (κ2) is 7.79. The first-order chi connectivity index (χ1) is 11.0. The summed E-state index contributed by atoms with van der Waals surface area (Å²) in [6, 6.07) is 17.3. The predicted molar refractivity (Wildman–Crippen MR) is 92.4 cm³/mol. The van der Waals surface area contributed by atoms with Gasteiger partial charge < -0.3 is 14.5 Å². The molecule has 0 radical (unpaired) electrons. The molecule has 0 aromatic heterocycles. The highest BCUT2D eigenvalue weighted by Gasteiger charge is 2.13. The third-order valence-electron chi connectivity index (χ3n) is 3.44. The summed E-state index contributed by atoms with van der Waals surface area (Å²) in [6.07, 6.45) is 0. The van der Waals surface area contributed by atoms with E-state index in [1.807, 2.05) is 48.5 Å². The Morgan fingerprint density at radius 3 is 2.35 bits per heavy atom. The second-order valence-electron chi connectivity index (χ2n) is 6.54. The quantitative estimate of drug-likeness (QED) is 0.798. The molecule has 1 N–H and O–H groups in total. The molecule has 2 aromatic rings. The van der Waals surface area contributed by atoms with Gasteiger partial charge in [-0.2, -0.15) is 0 Å². The lowest BCUT2D eigenvalue weighted by molar-refractivity contribution is -0.869. The Kier molecular flexibility index (Phi) is 5.77. The molecule has 0 spiro atoms. The number of carbonyl (C=O) groups is 1. The van der Waals surface area contributed by atoms with Crippen molar-refractivity contribution in [3.8, 4) is 5.75 Å². The van der Waals surface area contributed by atoms with E-state index in [0.717, 1.165) is 16.6 Å². The van der Waals surface area contributed by atoms with E-state index >= 15 is 0 Å². The van der Waals surface area contributed by atoms with Crippen molar-refractivity contribution in [2.75, 3.05) is 34.2 Å². The first-order valence-electron chi connectivity index (χ1n) is 7.80. The molecule has 0 aliphatic heterocycles. The SMILES string of the molecule is C[N+](C)(C)CCNC(=O)c1ccccc1OCc1ccccc1. The van der Waals surface area contributed by atoms with Crippen LogP contribution in [0.1, 0.15) is 15.9 Å². The Morgan fingerprint density at radius 2 is 1.65 bits per heavy atom. The summed E-state index contributed by atoms with van der Waals surface area (Å²) in [5.41, 5.74) is 1.65. The number of carbonyl (C=O) groups excluding carboxylic acids is 1. The van der Waals surface area contributed by atoms with Gasteiger partial charge in [-0.1, -0.05) is 42.5 Å². The maximum absolute atomic E-state index is 12.4. The van der Waals surface area contributed by atoms with Crippen molar-refractivity contribution in [3.63, 3.8) is 0 Å². The molecule has 4 nitrogen and oxygen atoms in total. The zero-order chi connectivity index (χ0) is 16.7. The fourth-order valence-electron chi connectivity index (χ4n) is 2.12. The highest BCUT2D eigenvalue weighted by Crippen LogP contribution is 2.19. The molecule has 4 heteroatoms. The van der Waals surface area contributed by atoms with Crippen molar-refractivity contribution in [1.29, 1.82) is 0 Å². The number of likely N-dealkylation sites (N-methyl/N-ethyl adjacent to an activating group) is 1. The van der Waals surface area contributed by atoms with Crippen LogP contribution in [0.25, 0.3) is 0 Å². The van der Waals surface area contributed by atoms with Crippen molar-refractivity contribution >= 4 is 5.91 Å². The molecule has 0 unspecified atom stereocenters. The van der Waals surface area contributed by atoms with E-state index in [0.29, 0.717) is 24.5 Å². The van der Waals surface area contributed by atoms with Crippen molar-refractivity contribution in [1.82, 2.24) is 5.32 Å². The standard InChI is InChI=1S/C19H24N2O2/c1-21(2,3)14-13-20-19(22)17-11-7-8-12-18(17)23-15-16-9-5-4-6-10-16/h4-12H,13-15H2,1-3H3/p+1. The molecular weight excluding hydrogens is 288 g/mol. The van der Waals surface area contributed by atoms with Crippen LogP contribution in [0.4, 0.5) is 0 Å². The Hall–Kier alpha value is -2.33. The van der Waals surface area contributed by atoms with Gasteiger partial charge in [0.2, 0.25) is 0 Å². The van der Waals surface area contributed by atoms with Gasteiger partial charge in [0, 0.05) is 0 Å². The monoisotopic (exact) mass is 313 g/mol. The van der Waals surface area contributed by atoms with Gasteiger partial charge >= 0.3 is 0 Å². The molecule has 0 saturated carbocycles. The number of benzene rings is 2. The molecular formula is C19H25N2O2+. The highest BCUT2D eigenvalue weighted by atomic mass is 16.5. The van der Waals surface area contributed by atoms with Gasteiger partial charge in [-0.3, -0.25) is 4.79 Å². The van der Waals surface area contributed by atoms with Gasteiger partial charge in [0.05, 0.1) is 39.8 Å². The Morgan fingerprint density at radius 1 is 1.00 bits per heavy atom. The van der Waals surface area contributed by atoms with E-state index in [9.17, 15) is 4.79 Å². The summed E-state index contributed by atoms with van der Waals surface area (Å²) in [5, 5.41) is 2.96. The van der Waals surface area contributed by atoms with Crippen LogP contribution < -0.4 is 10.1 Å². The van der Waals surface area contributed by atoms with Crippen LogP contribution in [0, 0.1) is 0 Å². The lowest BCUT2D eigenvalue weighted by Gasteiger charge is -2.23. The molecule has 0 atom stereocenters. The summed E-state index contributed by atoms with van der Waals surface area (Å²) < 4.78 is 6.64. The number of quaternary nitrogens is 1. The van der Waals surface area contributed by atoms with Crippen LogP contribution >= 0.6 is 0 Å². The van der Waals surface area contributed by atoms with Gasteiger partial charge in [-0.15, -0.1) is 0 Å². The third-order valence-corrected chi connectivity index (χ3v) is 3.44. The molecule has 0 fully saturated rings. The topological polar surface area (TPSA) is 38.3 Å². The molecule has 0 saturated heterocycles. The van der Waals surface area contributed by atoms with Crippen molar-refractivity contribution in [2.45, 2.75) is 6.61 Å². The average molecular weight is 313 g/mol. The Balaban J connectivity index is 1.98. The van der Waals surface area contributed by atoms with Gasteiger partial charge in [0.25, 0.3) is 5.91 Å². The first kappa shape index (κ1) is 17.0. The summed E-state index contributed by atoms with van der Waals surface area (Å²) in [5.74, 6) is 0.515. The summed E-state index contributed by atoms with van der Waals surface area (Å²) in [7, 11) is 6.30. The number of hydrogen-bond acceptors (Lipinski definition) is 2. The third kappa shape index (κ3) is 5.75. The number of para-hydroxylation sites is 1. The molecule has 2 aromatic carbocycles. The Bertz CT molecular complexity index is 633. The minimum atomic E-state index is -0.0953. The fourth-order valence-corrected chi connectivity index (χ4v) is 2.12. The van der Waals surface area contributed by atoms with Crippen molar-refractivity contribution < 1.29 is 14.0 Å². The van der Waals surface area contributed by atoms with E-state index in [2.05, 4.69) is 26.5 Å². The van der Waals surface area contributed by atoms with Gasteiger partial charge in [-0.05, 0) is 17.7 Å². The van der Waals surface area contributed by atoms with Crippen molar-refractivity contribution in [2.24, 2.45) is 0 Å². The maximum atomic E-state index is 12.4. The molecule has 0 aliphatic carbocycles. The average Bonchev–Trinajstić information content (AvgIpc) is 2.53. The molecule has 0 heterocycles. The Labute approximate surface area is 138 Å². The maximum Gasteiger partial charge on any atom is 0.255 e. The lowest BCUT2D eigenvalue weighted by atomic mass is 10.2. The minimum absolute atomic E-state index is 0.0953. The van der Waals surface area contributed by atoms with Crippen LogP contribution in [0.2, 0.25) is 0 Å². The van der Waals surface area contributed by atoms with E-state index in [1.165, 1.54) is 0 Å². The number of nitrogens with one attached hydrogen (secondary N) is 1. The van der Waals surface area contributed by atoms with E-state index < -0.39 is 0 Å². The normalized spacial score (nSPS) is 11.1. The smallest absolute Gasteiger partial charge is 0.255 e. The molecule has 0 aliphatic rings. The highest BCUT2D eigenvalue weighted by molar-refractivity contribution is 5.96. The molecule has 23 heavy (non-hydrogen) atoms. The van der Waals surface area contributed by atoms with E-state index in [-0.39, 0.29) is 5.91 Å². The zero-order valence-corrected chi connectivity index (χ0v) is 14.1. The molecule has 2 rings (SSSR count). The molecule has 122 valence electrons. The lowest BCUT2D eigenvalue weighted by Crippen LogP contribution is -2.41. The molecule has 1 amide bonds. The number of hydrogen-bond donors (Lipinski definition) is 1. The number of amides is 1. The van der Waals surface area contributed by atoms with E-state index in [1.54, 1.807) is 6.07 Å². The van der Waals surface area contributed by atoms with E-state index in [4.69, 9.17) is 4.74 Å². The van der Waals surface area contributed by atoms with Crippen LogP contribution in [0.5, 0.6) is 5.75 Å². The summed E-state index contributed by atoms with van der Waals surface area (Å²) in [6.45, 7) is 1.96. The first-order valence-corrected chi connectivity index (χ1v) is 7.80. The van der Waals surface area contributed by atoms with Crippen LogP contribution in [-0.2, 0) is 6.61 Å². The van der Waals surface area contributed by atoms with Crippen molar-refractivity contribution in [3.05, 3.63) is 65.7 Å². The van der Waals surface area contributed by atoms with Crippen LogP contribution in [0.3, 0.4) is 0 Å². The number of ether oxygens (including phenoxy) is 1. The minimum Gasteiger partial charge on any atom is -0.488 e. The van der Waals surface area contributed by atoms with Crippen LogP contribution in [-0.4, -0.2) is 44.6 Å². The molecule has 0 bridgehead atoms.